The Morgan fingerprint density at radius 1 is 1.44 bits per heavy atom. The molecular formula is C13H21N3O2. The lowest BCUT2D eigenvalue weighted by Crippen LogP contribution is -2.37. The number of primary amides is 1. The molecule has 1 rings (SSSR count). The predicted octanol–water partition coefficient (Wildman–Crippen LogP) is 0.373. The highest BCUT2D eigenvalue weighted by Gasteiger charge is 2.20. The van der Waals surface area contributed by atoms with Gasteiger partial charge in [0.1, 0.15) is 11.8 Å². The summed E-state index contributed by atoms with van der Waals surface area (Å²) in [5.41, 5.74) is 6.21. The van der Waals surface area contributed by atoms with E-state index in [9.17, 15) is 4.79 Å². The SMILES string of the molecule is COc1ccccc1C(NCCN(C)C)C(N)=O. The van der Waals surface area contributed by atoms with E-state index < -0.39 is 11.9 Å². The van der Waals surface area contributed by atoms with Crippen molar-refractivity contribution in [3.05, 3.63) is 29.8 Å². The highest BCUT2D eigenvalue weighted by atomic mass is 16.5. The summed E-state index contributed by atoms with van der Waals surface area (Å²) in [5, 5.41) is 3.15. The van der Waals surface area contributed by atoms with Crippen LogP contribution in [0.25, 0.3) is 0 Å². The van der Waals surface area contributed by atoms with Crippen molar-refractivity contribution in [3.8, 4) is 5.75 Å². The molecule has 1 aromatic carbocycles. The highest BCUT2D eigenvalue weighted by Crippen LogP contribution is 2.24. The molecule has 0 aliphatic heterocycles. The zero-order chi connectivity index (χ0) is 13.5. The number of nitrogens with zero attached hydrogens (tertiary/aromatic N) is 1. The Hall–Kier alpha value is -1.59. The van der Waals surface area contributed by atoms with Crippen LogP contribution in [0.4, 0.5) is 0 Å². The Morgan fingerprint density at radius 2 is 2.11 bits per heavy atom. The van der Waals surface area contributed by atoms with Crippen molar-refractivity contribution in [1.82, 2.24) is 10.2 Å². The average molecular weight is 251 g/mol. The van der Waals surface area contributed by atoms with Crippen LogP contribution in [0.3, 0.4) is 0 Å². The van der Waals surface area contributed by atoms with Crippen LogP contribution in [0.15, 0.2) is 24.3 Å². The monoisotopic (exact) mass is 251 g/mol. The summed E-state index contributed by atoms with van der Waals surface area (Å²) in [7, 11) is 5.53. The number of likely N-dealkylation sites (N-methyl/N-ethyl adjacent to an activating group) is 1. The molecule has 0 saturated carbocycles. The van der Waals surface area contributed by atoms with E-state index in [4.69, 9.17) is 10.5 Å². The fraction of sp³-hybridized carbons (Fsp3) is 0.462. The van der Waals surface area contributed by atoms with Crippen LogP contribution in [0.2, 0.25) is 0 Å². The lowest BCUT2D eigenvalue weighted by molar-refractivity contribution is -0.120. The molecule has 0 aliphatic carbocycles. The minimum atomic E-state index is -0.527. The maximum atomic E-state index is 11.5. The molecule has 18 heavy (non-hydrogen) atoms. The van der Waals surface area contributed by atoms with Crippen molar-refractivity contribution < 1.29 is 9.53 Å². The van der Waals surface area contributed by atoms with Crippen LogP contribution in [0.1, 0.15) is 11.6 Å². The standard InChI is InChI=1S/C13H21N3O2/c1-16(2)9-8-15-12(13(14)17)10-6-4-5-7-11(10)18-3/h4-7,12,15H,8-9H2,1-3H3,(H2,14,17). The van der Waals surface area contributed by atoms with Crippen molar-refractivity contribution in [2.75, 3.05) is 34.3 Å². The first-order chi connectivity index (χ1) is 8.56. The quantitative estimate of drug-likeness (QED) is 0.735. The summed E-state index contributed by atoms with van der Waals surface area (Å²) >= 11 is 0. The third kappa shape index (κ3) is 4.01. The first-order valence-corrected chi connectivity index (χ1v) is 5.86. The maximum absolute atomic E-state index is 11.5. The number of methoxy groups -OCH3 is 1. The summed E-state index contributed by atoms with van der Waals surface area (Å²) in [6.45, 7) is 1.51. The van der Waals surface area contributed by atoms with Crippen molar-refractivity contribution in [3.63, 3.8) is 0 Å². The van der Waals surface area contributed by atoms with Gasteiger partial charge in [-0.25, -0.2) is 0 Å². The number of hydrogen-bond donors (Lipinski definition) is 2. The lowest BCUT2D eigenvalue weighted by Gasteiger charge is -2.19. The van der Waals surface area contributed by atoms with Gasteiger partial charge in [0.15, 0.2) is 0 Å². The molecule has 0 spiro atoms. The molecule has 0 bridgehead atoms. The van der Waals surface area contributed by atoms with E-state index in [1.807, 2.05) is 43.3 Å². The second-order valence-corrected chi connectivity index (χ2v) is 4.33. The van der Waals surface area contributed by atoms with Crippen molar-refractivity contribution in [2.24, 2.45) is 5.73 Å². The minimum absolute atomic E-state index is 0.404. The van der Waals surface area contributed by atoms with Gasteiger partial charge in [-0.3, -0.25) is 4.79 Å². The first-order valence-electron chi connectivity index (χ1n) is 5.86. The Bertz CT molecular complexity index is 394. The summed E-state index contributed by atoms with van der Waals surface area (Å²) in [6, 6.07) is 6.86. The number of benzene rings is 1. The van der Waals surface area contributed by atoms with Gasteiger partial charge in [0.05, 0.1) is 7.11 Å². The highest BCUT2D eigenvalue weighted by molar-refractivity contribution is 5.82. The number of nitrogens with one attached hydrogen (secondary N) is 1. The van der Waals surface area contributed by atoms with Crippen molar-refractivity contribution in [1.29, 1.82) is 0 Å². The normalized spacial score (nSPS) is 12.4. The van der Waals surface area contributed by atoms with Gasteiger partial charge in [0.2, 0.25) is 5.91 Å². The molecule has 1 unspecified atom stereocenters. The Labute approximate surface area is 108 Å². The van der Waals surface area contributed by atoms with E-state index in [2.05, 4.69) is 5.32 Å². The first kappa shape index (κ1) is 14.5. The molecule has 1 amide bonds. The molecule has 1 atom stereocenters. The van der Waals surface area contributed by atoms with Crippen LogP contribution < -0.4 is 15.8 Å². The number of carbonyl (C=O) groups excluding carboxylic acids is 1. The van der Waals surface area contributed by atoms with Gasteiger partial charge < -0.3 is 20.7 Å². The fourth-order valence-corrected chi connectivity index (χ4v) is 1.70. The molecular weight excluding hydrogens is 230 g/mol. The van der Waals surface area contributed by atoms with Crippen molar-refractivity contribution in [2.45, 2.75) is 6.04 Å². The molecule has 0 saturated heterocycles. The molecule has 5 heteroatoms. The van der Waals surface area contributed by atoms with Crippen LogP contribution in [0, 0.1) is 0 Å². The molecule has 0 heterocycles. The molecule has 1 aromatic rings. The minimum Gasteiger partial charge on any atom is -0.496 e. The number of rotatable bonds is 7. The Balaban J connectivity index is 2.81. The third-order valence-corrected chi connectivity index (χ3v) is 2.64. The van der Waals surface area contributed by atoms with Crippen LogP contribution in [-0.2, 0) is 4.79 Å². The summed E-state index contributed by atoms with van der Waals surface area (Å²) in [6.07, 6.45) is 0. The number of ether oxygens (including phenoxy) is 1. The topological polar surface area (TPSA) is 67.6 Å². The zero-order valence-corrected chi connectivity index (χ0v) is 11.1. The number of para-hydroxylation sites is 1. The van der Waals surface area contributed by atoms with Gasteiger partial charge >= 0.3 is 0 Å². The van der Waals surface area contributed by atoms with E-state index in [1.54, 1.807) is 7.11 Å². The van der Waals surface area contributed by atoms with Crippen LogP contribution in [-0.4, -0.2) is 45.1 Å². The van der Waals surface area contributed by atoms with Gasteiger partial charge in [-0.15, -0.1) is 0 Å². The Morgan fingerprint density at radius 3 is 2.67 bits per heavy atom. The summed E-state index contributed by atoms with van der Waals surface area (Å²) < 4.78 is 5.25. The number of hydrogen-bond acceptors (Lipinski definition) is 4. The van der Waals surface area contributed by atoms with Crippen LogP contribution in [0.5, 0.6) is 5.75 Å². The van der Waals surface area contributed by atoms with Crippen molar-refractivity contribution >= 4 is 5.91 Å². The second kappa shape index (κ2) is 6.98. The number of nitrogens with two attached hydrogens (primary N) is 1. The molecule has 0 radical (unpaired) electrons. The van der Waals surface area contributed by atoms with E-state index in [0.717, 1.165) is 12.1 Å². The van der Waals surface area contributed by atoms with E-state index in [0.29, 0.717) is 12.3 Å². The Kier molecular flexibility index (Phi) is 5.61. The van der Waals surface area contributed by atoms with Gasteiger partial charge in [-0.1, -0.05) is 18.2 Å². The largest absolute Gasteiger partial charge is 0.496 e. The summed E-state index contributed by atoms with van der Waals surface area (Å²) in [5.74, 6) is 0.261. The molecule has 0 aliphatic rings. The second-order valence-electron chi connectivity index (χ2n) is 4.33. The smallest absolute Gasteiger partial charge is 0.239 e. The molecule has 100 valence electrons. The third-order valence-electron chi connectivity index (χ3n) is 2.64. The number of amides is 1. The lowest BCUT2D eigenvalue weighted by atomic mass is 10.1. The van der Waals surface area contributed by atoms with Crippen LogP contribution >= 0.6 is 0 Å². The van der Waals surface area contributed by atoms with E-state index in [-0.39, 0.29) is 0 Å². The van der Waals surface area contributed by atoms with Gasteiger partial charge in [-0.05, 0) is 20.2 Å². The zero-order valence-electron chi connectivity index (χ0n) is 11.1. The molecule has 0 aromatic heterocycles. The predicted molar refractivity (Wildman–Crippen MR) is 71.5 cm³/mol. The van der Waals surface area contributed by atoms with Gasteiger partial charge in [-0.2, -0.15) is 0 Å². The van der Waals surface area contributed by atoms with E-state index >= 15 is 0 Å². The molecule has 0 fully saturated rings. The van der Waals surface area contributed by atoms with Gasteiger partial charge in [0.25, 0.3) is 0 Å². The fourth-order valence-electron chi connectivity index (χ4n) is 1.70. The molecule has 5 nitrogen and oxygen atoms in total. The molecule has 3 N–H and O–H groups in total. The maximum Gasteiger partial charge on any atom is 0.239 e. The summed E-state index contributed by atoms with van der Waals surface area (Å²) in [4.78, 5) is 13.6. The average Bonchev–Trinajstić information content (AvgIpc) is 2.34. The number of carbonyl (C=O) groups is 1. The van der Waals surface area contributed by atoms with E-state index in [1.165, 1.54) is 0 Å². The van der Waals surface area contributed by atoms with Gasteiger partial charge in [0, 0.05) is 18.7 Å².